The highest BCUT2D eigenvalue weighted by Crippen LogP contribution is 2.34. The largest absolute Gasteiger partial charge is 0.504 e. The van der Waals surface area contributed by atoms with Gasteiger partial charge in [0.05, 0.1) is 11.6 Å². The summed E-state index contributed by atoms with van der Waals surface area (Å²) in [4.78, 5) is 0. The van der Waals surface area contributed by atoms with Gasteiger partial charge in [-0.15, -0.1) is 0 Å². The third kappa shape index (κ3) is 1.17. The van der Waals surface area contributed by atoms with E-state index in [1.165, 1.54) is 0 Å². The van der Waals surface area contributed by atoms with Gasteiger partial charge >= 0.3 is 0 Å². The second-order valence-corrected chi connectivity index (χ2v) is 1.97. The Morgan fingerprint density at radius 2 is 1.55 bits per heavy atom. The Bertz CT molecular complexity index is 304. The normalized spacial score (nSPS) is 9.00. The molecule has 0 amide bonds. The van der Waals surface area contributed by atoms with E-state index in [1.807, 2.05) is 0 Å². The topological polar surface area (TPSA) is 84.5 Å². The molecule has 4 nitrogen and oxygen atoms in total. The zero-order valence-electron chi connectivity index (χ0n) is 5.44. The summed E-state index contributed by atoms with van der Waals surface area (Å²) in [6.45, 7) is 0. The SMILES string of the molecule is N#Cc1cc(O)c(O)c(O)c1. The fraction of sp³-hybridized carbons (Fsp3) is 0. The molecule has 0 radical (unpaired) electrons. The molecule has 0 aromatic heterocycles. The van der Waals surface area contributed by atoms with Crippen LogP contribution in [0.25, 0.3) is 0 Å². The molecule has 56 valence electrons. The van der Waals surface area contributed by atoms with Gasteiger partial charge < -0.3 is 15.3 Å². The van der Waals surface area contributed by atoms with Gasteiger partial charge in [0.25, 0.3) is 0 Å². The molecule has 0 spiro atoms. The summed E-state index contributed by atoms with van der Waals surface area (Å²) in [6, 6.07) is 3.83. The third-order valence-corrected chi connectivity index (χ3v) is 1.20. The molecule has 0 unspecified atom stereocenters. The number of nitriles is 1. The van der Waals surface area contributed by atoms with Gasteiger partial charge in [-0.25, -0.2) is 0 Å². The average molecular weight is 151 g/mol. The lowest BCUT2D eigenvalue weighted by Crippen LogP contribution is -1.75. The molecule has 11 heavy (non-hydrogen) atoms. The summed E-state index contributed by atoms with van der Waals surface area (Å²) in [5.41, 5.74) is 0.0952. The highest BCUT2D eigenvalue weighted by molar-refractivity contribution is 5.53. The number of hydrogen-bond acceptors (Lipinski definition) is 4. The van der Waals surface area contributed by atoms with Crippen molar-refractivity contribution in [3.63, 3.8) is 0 Å². The standard InChI is InChI=1S/C7H5NO3/c8-3-4-1-5(9)7(11)6(10)2-4/h1-2,9-11H. The zero-order chi connectivity index (χ0) is 8.43. The van der Waals surface area contributed by atoms with E-state index in [-0.39, 0.29) is 5.56 Å². The molecule has 4 heteroatoms. The third-order valence-electron chi connectivity index (χ3n) is 1.20. The van der Waals surface area contributed by atoms with Crippen LogP contribution in [-0.2, 0) is 0 Å². The van der Waals surface area contributed by atoms with E-state index >= 15 is 0 Å². The van der Waals surface area contributed by atoms with E-state index in [9.17, 15) is 0 Å². The molecule has 1 aromatic rings. The van der Waals surface area contributed by atoms with E-state index in [0.717, 1.165) is 12.1 Å². The number of rotatable bonds is 0. The Morgan fingerprint density at radius 3 is 1.91 bits per heavy atom. The molecular formula is C7H5NO3. The van der Waals surface area contributed by atoms with E-state index in [1.54, 1.807) is 6.07 Å². The lowest BCUT2D eigenvalue weighted by molar-refractivity contribution is 0.367. The lowest BCUT2D eigenvalue weighted by Gasteiger charge is -1.99. The summed E-state index contributed by atoms with van der Waals surface area (Å²) in [7, 11) is 0. The molecule has 0 aliphatic carbocycles. The highest BCUT2D eigenvalue weighted by Gasteiger charge is 2.06. The summed E-state index contributed by atoms with van der Waals surface area (Å²) >= 11 is 0. The van der Waals surface area contributed by atoms with Crippen LogP contribution in [0.2, 0.25) is 0 Å². The lowest BCUT2D eigenvalue weighted by atomic mass is 10.2. The first-order valence-corrected chi connectivity index (χ1v) is 2.80. The number of hydrogen-bond donors (Lipinski definition) is 3. The van der Waals surface area contributed by atoms with Gasteiger partial charge in [0.1, 0.15) is 0 Å². The number of nitrogens with zero attached hydrogens (tertiary/aromatic N) is 1. The van der Waals surface area contributed by atoms with Crippen LogP contribution in [0.5, 0.6) is 17.2 Å². The highest BCUT2D eigenvalue weighted by atomic mass is 16.3. The monoisotopic (exact) mass is 151 g/mol. The fourth-order valence-corrected chi connectivity index (χ4v) is 0.669. The first kappa shape index (κ1) is 7.22. The predicted molar refractivity (Wildman–Crippen MR) is 36.2 cm³/mol. The Kier molecular flexibility index (Phi) is 1.57. The van der Waals surface area contributed by atoms with E-state index in [0.29, 0.717) is 0 Å². The number of phenols is 3. The van der Waals surface area contributed by atoms with Gasteiger partial charge in [0.15, 0.2) is 17.2 Å². The summed E-state index contributed by atoms with van der Waals surface area (Å²) < 4.78 is 0. The molecule has 0 saturated heterocycles. The van der Waals surface area contributed by atoms with E-state index < -0.39 is 17.2 Å². The molecule has 0 aliphatic rings. The Balaban J connectivity index is 3.35. The maximum absolute atomic E-state index is 8.85. The average Bonchev–Trinajstić information content (AvgIpc) is 1.99. The van der Waals surface area contributed by atoms with Crippen LogP contribution >= 0.6 is 0 Å². The molecule has 0 aliphatic heterocycles. The van der Waals surface area contributed by atoms with Crippen molar-refractivity contribution in [2.45, 2.75) is 0 Å². The molecule has 0 fully saturated rings. The second-order valence-electron chi connectivity index (χ2n) is 1.97. The molecule has 0 heterocycles. The Labute approximate surface area is 62.6 Å². The quantitative estimate of drug-likeness (QED) is 0.476. The smallest absolute Gasteiger partial charge is 0.200 e. The van der Waals surface area contributed by atoms with Gasteiger partial charge in [-0.05, 0) is 0 Å². The van der Waals surface area contributed by atoms with Crippen molar-refractivity contribution in [3.05, 3.63) is 17.7 Å². The molecule has 0 saturated carbocycles. The first-order valence-electron chi connectivity index (χ1n) is 2.80. The number of aromatic hydroxyl groups is 3. The summed E-state index contributed by atoms with van der Waals surface area (Å²) in [5, 5.41) is 34.8. The minimum Gasteiger partial charge on any atom is -0.504 e. The maximum Gasteiger partial charge on any atom is 0.200 e. The van der Waals surface area contributed by atoms with Crippen LogP contribution < -0.4 is 0 Å². The van der Waals surface area contributed by atoms with Gasteiger partial charge in [-0.3, -0.25) is 0 Å². The van der Waals surface area contributed by atoms with Crippen LogP contribution in [0.15, 0.2) is 12.1 Å². The van der Waals surface area contributed by atoms with Gasteiger partial charge in [0.2, 0.25) is 0 Å². The van der Waals surface area contributed by atoms with Crippen molar-refractivity contribution in [3.8, 4) is 23.3 Å². The molecule has 0 bridgehead atoms. The Hall–Kier alpha value is -1.89. The van der Waals surface area contributed by atoms with E-state index in [2.05, 4.69) is 0 Å². The molecule has 3 N–H and O–H groups in total. The first-order chi connectivity index (χ1) is 5.15. The van der Waals surface area contributed by atoms with E-state index in [4.69, 9.17) is 20.6 Å². The van der Waals surface area contributed by atoms with Gasteiger partial charge in [0, 0.05) is 12.1 Å². The summed E-state index contributed by atoms with van der Waals surface area (Å²) in [5.74, 6) is -1.60. The van der Waals surface area contributed by atoms with Gasteiger partial charge in [-0.1, -0.05) is 0 Å². The zero-order valence-corrected chi connectivity index (χ0v) is 5.44. The van der Waals surface area contributed by atoms with Gasteiger partial charge in [-0.2, -0.15) is 5.26 Å². The van der Waals surface area contributed by atoms with Crippen molar-refractivity contribution in [1.29, 1.82) is 5.26 Å². The predicted octanol–water partition coefficient (Wildman–Crippen LogP) is 0.675. The second kappa shape index (κ2) is 2.39. The van der Waals surface area contributed by atoms with Crippen molar-refractivity contribution in [2.75, 3.05) is 0 Å². The van der Waals surface area contributed by atoms with Crippen LogP contribution in [0, 0.1) is 11.3 Å². The van der Waals surface area contributed by atoms with Crippen molar-refractivity contribution < 1.29 is 15.3 Å². The fourth-order valence-electron chi connectivity index (χ4n) is 0.669. The minimum atomic E-state index is -0.607. The van der Waals surface area contributed by atoms with Crippen LogP contribution in [0.3, 0.4) is 0 Å². The van der Waals surface area contributed by atoms with Crippen molar-refractivity contribution in [2.24, 2.45) is 0 Å². The molecular weight excluding hydrogens is 146 g/mol. The molecule has 0 atom stereocenters. The molecule has 1 aromatic carbocycles. The maximum atomic E-state index is 8.85. The van der Waals surface area contributed by atoms with Crippen LogP contribution in [0.1, 0.15) is 5.56 Å². The molecule has 1 rings (SSSR count). The number of phenolic OH excluding ortho intramolecular Hbond substituents is 3. The van der Waals surface area contributed by atoms with Crippen molar-refractivity contribution in [1.82, 2.24) is 0 Å². The van der Waals surface area contributed by atoms with Crippen molar-refractivity contribution >= 4 is 0 Å². The Morgan fingerprint density at radius 1 is 1.09 bits per heavy atom. The van der Waals surface area contributed by atoms with Crippen LogP contribution in [0.4, 0.5) is 0 Å². The van der Waals surface area contributed by atoms with Crippen LogP contribution in [-0.4, -0.2) is 15.3 Å². The number of benzene rings is 1. The minimum absolute atomic E-state index is 0.0952. The summed E-state index contributed by atoms with van der Waals surface area (Å²) in [6.07, 6.45) is 0.